The minimum atomic E-state index is -0.0185. The average molecular weight is 324 g/mol. The highest BCUT2D eigenvalue weighted by atomic mass is 16.3. The van der Waals surface area contributed by atoms with Crippen LogP contribution in [0, 0.1) is 0 Å². The van der Waals surface area contributed by atoms with Gasteiger partial charge in [-0.15, -0.1) is 0 Å². The predicted octanol–water partition coefficient (Wildman–Crippen LogP) is 2.81. The fourth-order valence-corrected chi connectivity index (χ4v) is 2.46. The lowest BCUT2D eigenvalue weighted by Crippen LogP contribution is -2.24. The number of hydrogen-bond donors (Lipinski definition) is 1. The van der Waals surface area contributed by atoms with Crippen molar-refractivity contribution in [1.82, 2.24) is 19.9 Å². The van der Waals surface area contributed by atoms with Crippen molar-refractivity contribution < 1.29 is 9.21 Å². The zero-order chi connectivity index (χ0) is 16.8. The number of rotatable bonds is 7. The second-order valence-electron chi connectivity index (χ2n) is 5.43. The molecule has 0 spiro atoms. The lowest BCUT2D eigenvalue weighted by Gasteiger charge is -2.06. The molecule has 1 aromatic carbocycles. The number of oxazole rings is 1. The Hall–Kier alpha value is -2.89. The normalized spacial score (nSPS) is 10.7. The van der Waals surface area contributed by atoms with Gasteiger partial charge in [-0.2, -0.15) is 0 Å². The summed E-state index contributed by atoms with van der Waals surface area (Å²) in [4.78, 5) is 20.6. The van der Waals surface area contributed by atoms with Gasteiger partial charge in [-0.05, 0) is 12.1 Å². The number of carbonyl (C=O) groups is 1. The maximum atomic E-state index is 12.0. The van der Waals surface area contributed by atoms with Crippen LogP contribution in [0.2, 0.25) is 0 Å². The van der Waals surface area contributed by atoms with Crippen molar-refractivity contribution in [3.63, 3.8) is 0 Å². The van der Waals surface area contributed by atoms with E-state index in [-0.39, 0.29) is 5.91 Å². The first-order valence-electron chi connectivity index (χ1n) is 8.03. The molecule has 2 heterocycles. The molecule has 124 valence electrons. The van der Waals surface area contributed by atoms with Gasteiger partial charge in [0.05, 0.1) is 12.2 Å². The summed E-state index contributed by atoms with van der Waals surface area (Å²) in [6.07, 6.45) is 6.50. The second-order valence-corrected chi connectivity index (χ2v) is 5.43. The average Bonchev–Trinajstić information content (AvgIpc) is 3.28. The molecule has 3 rings (SSSR count). The smallest absolute Gasteiger partial charge is 0.226 e. The van der Waals surface area contributed by atoms with E-state index in [9.17, 15) is 4.79 Å². The third-order valence-electron chi connectivity index (χ3n) is 3.74. The number of nitrogens with one attached hydrogen (secondary N) is 1. The minimum absolute atomic E-state index is 0.0185. The molecular weight excluding hydrogens is 304 g/mol. The Morgan fingerprint density at radius 3 is 2.92 bits per heavy atom. The molecule has 1 N–H and O–H groups in total. The van der Waals surface area contributed by atoms with Gasteiger partial charge < -0.3 is 14.3 Å². The maximum Gasteiger partial charge on any atom is 0.226 e. The molecule has 0 saturated carbocycles. The molecule has 0 radical (unpaired) electrons. The fraction of sp³-hybridized carbons (Fsp3) is 0.278. The molecule has 0 atom stereocenters. The molecule has 0 bridgehead atoms. The molecule has 24 heavy (non-hydrogen) atoms. The van der Waals surface area contributed by atoms with Crippen LogP contribution >= 0.6 is 0 Å². The number of carbonyl (C=O) groups excluding carboxylic acids is 1. The first kappa shape index (κ1) is 16.0. The molecule has 0 aliphatic carbocycles. The predicted molar refractivity (Wildman–Crippen MR) is 90.0 cm³/mol. The van der Waals surface area contributed by atoms with Crippen molar-refractivity contribution in [3.05, 3.63) is 60.5 Å². The fourth-order valence-electron chi connectivity index (χ4n) is 2.46. The Balaban J connectivity index is 1.49. The molecule has 3 aromatic rings. The Kier molecular flexibility index (Phi) is 5.05. The van der Waals surface area contributed by atoms with Gasteiger partial charge in [0.2, 0.25) is 11.8 Å². The lowest BCUT2D eigenvalue weighted by molar-refractivity contribution is -0.121. The lowest BCUT2D eigenvalue weighted by atomic mass is 10.2. The molecule has 6 nitrogen and oxygen atoms in total. The third-order valence-corrected chi connectivity index (χ3v) is 3.74. The molecule has 0 saturated heterocycles. The van der Waals surface area contributed by atoms with Crippen LogP contribution in [0.4, 0.5) is 0 Å². The van der Waals surface area contributed by atoms with Crippen LogP contribution in [-0.4, -0.2) is 20.4 Å². The molecule has 0 aliphatic rings. The van der Waals surface area contributed by atoms with Gasteiger partial charge in [0.1, 0.15) is 12.1 Å². The topological polar surface area (TPSA) is 73.0 Å². The summed E-state index contributed by atoms with van der Waals surface area (Å²) in [5.74, 6) is 1.53. The Morgan fingerprint density at radius 1 is 1.29 bits per heavy atom. The molecule has 0 fully saturated rings. The van der Waals surface area contributed by atoms with Crippen molar-refractivity contribution in [1.29, 1.82) is 0 Å². The zero-order valence-corrected chi connectivity index (χ0v) is 13.6. The van der Waals surface area contributed by atoms with E-state index in [4.69, 9.17) is 4.42 Å². The van der Waals surface area contributed by atoms with E-state index in [0.717, 1.165) is 17.8 Å². The van der Waals surface area contributed by atoms with Crippen LogP contribution in [0.5, 0.6) is 0 Å². The first-order valence-corrected chi connectivity index (χ1v) is 8.03. The summed E-state index contributed by atoms with van der Waals surface area (Å²) in [7, 11) is 0. The van der Waals surface area contributed by atoms with E-state index < -0.39 is 0 Å². The van der Waals surface area contributed by atoms with Gasteiger partial charge in [-0.25, -0.2) is 9.97 Å². The van der Waals surface area contributed by atoms with E-state index in [1.165, 1.54) is 0 Å². The van der Waals surface area contributed by atoms with Gasteiger partial charge in [0.25, 0.3) is 0 Å². The summed E-state index contributed by atoms with van der Waals surface area (Å²) in [5.41, 5.74) is 1.63. The summed E-state index contributed by atoms with van der Waals surface area (Å²) in [5, 5.41) is 2.87. The Morgan fingerprint density at radius 2 is 2.12 bits per heavy atom. The number of amides is 1. The van der Waals surface area contributed by atoms with E-state index >= 15 is 0 Å². The molecule has 0 unspecified atom stereocenters. The standard InChI is InChI=1S/C18H20N4O2/c1-2-16-19-9-11-22(16)10-8-17(23)20-12-15-13-24-18(21-15)14-6-4-3-5-7-14/h3-7,9,11,13H,2,8,10,12H2,1H3,(H,20,23). The van der Waals surface area contributed by atoms with E-state index in [2.05, 4.69) is 15.3 Å². The number of benzene rings is 1. The molecule has 6 heteroatoms. The van der Waals surface area contributed by atoms with Crippen molar-refractivity contribution in [2.24, 2.45) is 0 Å². The summed E-state index contributed by atoms with van der Waals surface area (Å²) >= 11 is 0. The molecule has 0 aliphatic heterocycles. The molecule has 2 aromatic heterocycles. The number of imidazole rings is 1. The van der Waals surface area contributed by atoms with E-state index in [0.29, 0.717) is 31.1 Å². The van der Waals surface area contributed by atoms with Crippen molar-refractivity contribution in [3.8, 4) is 11.5 Å². The number of aryl methyl sites for hydroxylation is 2. The van der Waals surface area contributed by atoms with Crippen LogP contribution < -0.4 is 5.32 Å². The van der Waals surface area contributed by atoms with Crippen LogP contribution in [-0.2, 0) is 24.3 Å². The van der Waals surface area contributed by atoms with E-state index in [1.54, 1.807) is 12.5 Å². The van der Waals surface area contributed by atoms with Gasteiger partial charge in [-0.3, -0.25) is 4.79 Å². The largest absolute Gasteiger partial charge is 0.444 e. The highest BCUT2D eigenvalue weighted by Gasteiger charge is 2.08. The maximum absolute atomic E-state index is 12.0. The van der Waals surface area contributed by atoms with E-state index in [1.807, 2.05) is 48.0 Å². The van der Waals surface area contributed by atoms with Crippen molar-refractivity contribution in [2.75, 3.05) is 0 Å². The van der Waals surface area contributed by atoms with Gasteiger partial charge in [0.15, 0.2) is 0 Å². The summed E-state index contributed by atoms with van der Waals surface area (Å²) < 4.78 is 7.46. The third kappa shape index (κ3) is 3.90. The Labute approximate surface area is 140 Å². The SMILES string of the molecule is CCc1nccn1CCC(=O)NCc1coc(-c2ccccc2)n1. The molecular formula is C18H20N4O2. The van der Waals surface area contributed by atoms with Crippen molar-refractivity contribution >= 4 is 5.91 Å². The van der Waals surface area contributed by atoms with Crippen molar-refractivity contribution in [2.45, 2.75) is 32.9 Å². The summed E-state index contributed by atoms with van der Waals surface area (Å²) in [6.45, 7) is 3.04. The van der Waals surface area contributed by atoms with Gasteiger partial charge in [0, 0.05) is 37.3 Å². The molecule has 1 amide bonds. The summed E-state index contributed by atoms with van der Waals surface area (Å²) in [6, 6.07) is 9.68. The monoisotopic (exact) mass is 324 g/mol. The zero-order valence-electron chi connectivity index (χ0n) is 13.6. The Bertz CT molecular complexity index is 792. The minimum Gasteiger partial charge on any atom is -0.444 e. The van der Waals surface area contributed by atoms with Crippen LogP contribution in [0.1, 0.15) is 24.9 Å². The first-order chi connectivity index (χ1) is 11.8. The second kappa shape index (κ2) is 7.59. The van der Waals surface area contributed by atoms with Gasteiger partial charge >= 0.3 is 0 Å². The highest BCUT2D eigenvalue weighted by Crippen LogP contribution is 2.17. The number of aromatic nitrogens is 3. The number of hydrogen-bond acceptors (Lipinski definition) is 4. The van der Waals surface area contributed by atoms with Crippen LogP contribution in [0.15, 0.2) is 53.4 Å². The quantitative estimate of drug-likeness (QED) is 0.725. The van der Waals surface area contributed by atoms with Crippen LogP contribution in [0.3, 0.4) is 0 Å². The number of nitrogens with zero attached hydrogens (tertiary/aromatic N) is 3. The highest BCUT2D eigenvalue weighted by molar-refractivity contribution is 5.75. The van der Waals surface area contributed by atoms with Gasteiger partial charge in [-0.1, -0.05) is 25.1 Å². The van der Waals surface area contributed by atoms with Crippen LogP contribution in [0.25, 0.3) is 11.5 Å².